The summed E-state index contributed by atoms with van der Waals surface area (Å²) in [5, 5.41) is 3.34. The molecule has 3 heteroatoms. The summed E-state index contributed by atoms with van der Waals surface area (Å²) >= 11 is 0. The fourth-order valence-corrected chi connectivity index (χ4v) is 2.12. The summed E-state index contributed by atoms with van der Waals surface area (Å²) in [5.41, 5.74) is 2.20. The molecule has 0 aliphatic heterocycles. The van der Waals surface area contributed by atoms with Crippen molar-refractivity contribution < 1.29 is 4.74 Å². The van der Waals surface area contributed by atoms with Gasteiger partial charge in [0.05, 0.1) is 11.9 Å². The average Bonchev–Trinajstić information content (AvgIpc) is 2.49. The van der Waals surface area contributed by atoms with E-state index in [1.807, 2.05) is 37.3 Å². The third-order valence-electron chi connectivity index (χ3n) is 3.30. The minimum absolute atomic E-state index is 0.0232. The first-order valence-electron chi connectivity index (χ1n) is 7.11. The van der Waals surface area contributed by atoms with Crippen LogP contribution in [0.3, 0.4) is 0 Å². The van der Waals surface area contributed by atoms with E-state index in [9.17, 15) is 0 Å². The molecule has 0 spiro atoms. The lowest BCUT2D eigenvalue weighted by Gasteiger charge is -2.16. The van der Waals surface area contributed by atoms with Crippen LogP contribution in [0.5, 0.6) is 5.75 Å². The summed E-state index contributed by atoms with van der Waals surface area (Å²) in [4.78, 5) is 4.46. The molecule has 1 aromatic heterocycles. The van der Waals surface area contributed by atoms with Gasteiger partial charge in [-0.15, -0.1) is 0 Å². The number of nitrogens with zero attached hydrogens (tertiary/aromatic N) is 1. The number of aromatic nitrogens is 1. The lowest BCUT2D eigenvalue weighted by atomic mass is 10.1. The molecule has 0 radical (unpaired) electrons. The standard InChI is InChI=1S/C17H22N2O/c1-4-18-13(2)17-11-10-16(12-19-17)20-14(3)15-8-6-5-7-9-15/h5-14,18H,4H2,1-3H3. The maximum atomic E-state index is 5.91. The number of ether oxygens (including phenoxy) is 1. The van der Waals surface area contributed by atoms with Gasteiger partial charge in [-0.2, -0.15) is 0 Å². The Labute approximate surface area is 121 Å². The van der Waals surface area contributed by atoms with Crippen LogP contribution in [0.4, 0.5) is 0 Å². The molecule has 0 saturated carbocycles. The topological polar surface area (TPSA) is 34.1 Å². The third-order valence-corrected chi connectivity index (χ3v) is 3.30. The number of pyridine rings is 1. The fourth-order valence-electron chi connectivity index (χ4n) is 2.12. The lowest BCUT2D eigenvalue weighted by Crippen LogP contribution is -2.18. The molecule has 106 valence electrons. The molecule has 2 atom stereocenters. The van der Waals surface area contributed by atoms with E-state index in [1.54, 1.807) is 6.20 Å². The molecule has 2 unspecified atom stereocenters. The zero-order valence-electron chi connectivity index (χ0n) is 12.3. The highest BCUT2D eigenvalue weighted by Crippen LogP contribution is 2.21. The molecule has 0 aliphatic carbocycles. The van der Waals surface area contributed by atoms with Gasteiger partial charge in [0.1, 0.15) is 11.9 Å². The highest BCUT2D eigenvalue weighted by molar-refractivity contribution is 5.24. The summed E-state index contributed by atoms with van der Waals surface area (Å²) in [6.07, 6.45) is 1.82. The molecule has 1 aromatic carbocycles. The molecule has 0 aliphatic rings. The van der Waals surface area contributed by atoms with Gasteiger partial charge in [-0.3, -0.25) is 4.98 Å². The van der Waals surface area contributed by atoms with Gasteiger partial charge in [0.15, 0.2) is 0 Å². The maximum Gasteiger partial charge on any atom is 0.138 e. The summed E-state index contributed by atoms with van der Waals surface area (Å²) in [6, 6.07) is 14.5. The van der Waals surface area contributed by atoms with Crippen molar-refractivity contribution >= 4 is 0 Å². The fraction of sp³-hybridized carbons (Fsp3) is 0.353. The van der Waals surface area contributed by atoms with Crippen molar-refractivity contribution in [3.63, 3.8) is 0 Å². The number of nitrogens with one attached hydrogen (secondary N) is 1. The molecule has 3 nitrogen and oxygen atoms in total. The van der Waals surface area contributed by atoms with E-state index >= 15 is 0 Å². The zero-order chi connectivity index (χ0) is 14.4. The van der Waals surface area contributed by atoms with Gasteiger partial charge < -0.3 is 10.1 Å². The number of benzene rings is 1. The van der Waals surface area contributed by atoms with Crippen molar-refractivity contribution in [2.75, 3.05) is 6.54 Å². The van der Waals surface area contributed by atoms with Gasteiger partial charge in [0.25, 0.3) is 0 Å². The molecule has 0 fully saturated rings. The first kappa shape index (κ1) is 14.5. The van der Waals surface area contributed by atoms with Crippen molar-refractivity contribution in [2.24, 2.45) is 0 Å². The molecule has 0 saturated heterocycles. The van der Waals surface area contributed by atoms with E-state index < -0.39 is 0 Å². The molecule has 20 heavy (non-hydrogen) atoms. The Morgan fingerprint density at radius 1 is 1.10 bits per heavy atom. The van der Waals surface area contributed by atoms with E-state index in [0.717, 1.165) is 23.6 Å². The monoisotopic (exact) mass is 270 g/mol. The Hall–Kier alpha value is -1.87. The van der Waals surface area contributed by atoms with Crippen molar-refractivity contribution in [1.82, 2.24) is 10.3 Å². The zero-order valence-corrected chi connectivity index (χ0v) is 12.3. The second kappa shape index (κ2) is 7.06. The van der Waals surface area contributed by atoms with Gasteiger partial charge >= 0.3 is 0 Å². The Morgan fingerprint density at radius 3 is 2.45 bits per heavy atom. The third kappa shape index (κ3) is 3.81. The van der Waals surface area contributed by atoms with E-state index in [2.05, 4.69) is 36.3 Å². The SMILES string of the molecule is CCNC(C)c1ccc(OC(C)c2ccccc2)cn1. The maximum absolute atomic E-state index is 5.91. The van der Waals surface area contributed by atoms with Crippen molar-refractivity contribution in [3.8, 4) is 5.75 Å². The molecular formula is C17H22N2O. The van der Waals surface area contributed by atoms with Gasteiger partial charge in [0, 0.05) is 6.04 Å². The van der Waals surface area contributed by atoms with Crippen molar-refractivity contribution in [3.05, 3.63) is 59.9 Å². The van der Waals surface area contributed by atoms with Gasteiger partial charge in [-0.05, 0) is 38.1 Å². The highest BCUT2D eigenvalue weighted by atomic mass is 16.5. The number of hydrogen-bond acceptors (Lipinski definition) is 3. The largest absolute Gasteiger partial charge is 0.484 e. The Kier molecular flexibility index (Phi) is 5.13. The van der Waals surface area contributed by atoms with Crippen LogP contribution < -0.4 is 10.1 Å². The second-order valence-corrected chi connectivity index (χ2v) is 4.87. The van der Waals surface area contributed by atoms with Gasteiger partial charge in [-0.25, -0.2) is 0 Å². The molecule has 2 rings (SSSR count). The molecular weight excluding hydrogens is 248 g/mol. The average molecular weight is 270 g/mol. The quantitative estimate of drug-likeness (QED) is 0.864. The van der Waals surface area contributed by atoms with Crippen LogP contribution in [-0.2, 0) is 0 Å². The lowest BCUT2D eigenvalue weighted by molar-refractivity contribution is 0.226. The summed E-state index contributed by atoms with van der Waals surface area (Å²) in [7, 11) is 0. The minimum Gasteiger partial charge on any atom is -0.484 e. The predicted molar refractivity (Wildman–Crippen MR) is 81.8 cm³/mol. The van der Waals surface area contributed by atoms with Crippen molar-refractivity contribution in [1.29, 1.82) is 0 Å². The predicted octanol–water partition coefficient (Wildman–Crippen LogP) is 3.89. The molecule has 1 N–H and O–H groups in total. The Bertz CT molecular complexity index is 510. The molecule has 2 aromatic rings. The minimum atomic E-state index is 0.0232. The summed E-state index contributed by atoms with van der Waals surface area (Å²) in [6.45, 7) is 7.19. The van der Waals surface area contributed by atoms with E-state index in [-0.39, 0.29) is 12.1 Å². The highest BCUT2D eigenvalue weighted by Gasteiger charge is 2.08. The molecule has 0 bridgehead atoms. The van der Waals surface area contributed by atoms with Crippen LogP contribution in [0.1, 0.15) is 44.2 Å². The second-order valence-electron chi connectivity index (χ2n) is 4.87. The normalized spacial score (nSPS) is 13.8. The first-order chi connectivity index (χ1) is 9.70. The number of rotatable bonds is 6. The Balaban J connectivity index is 2.00. The number of hydrogen-bond donors (Lipinski definition) is 1. The van der Waals surface area contributed by atoms with Gasteiger partial charge in [0.2, 0.25) is 0 Å². The van der Waals surface area contributed by atoms with E-state index in [1.165, 1.54) is 0 Å². The molecule has 1 heterocycles. The van der Waals surface area contributed by atoms with Crippen LogP contribution in [0, 0.1) is 0 Å². The first-order valence-corrected chi connectivity index (χ1v) is 7.11. The smallest absolute Gasteiger partial charge is 0.138 e. The Morgan fingerprint density at radius 2 is 1.85 bits per heavy atom. The van der Waals surface area contributed by atoms with Crippen LogP contribution >= 0.6 is 0 Å². The van der Waals surface area contributed by atoms with Gasteiger partial charge in [-0.1, -0.05) is 37.3 Å². The summed E-state index contributed by atoms with van der Waals surface area (Å²) in [5.74, 6) is 0.800. The van der Waals surface area contributed by atoms with Crippen LogP contribution in [0.25, 0.3) is 0 Å². The van der Waals surface area contributed by atoms with Crippen LogP contribution in [0.15, 0.2) is 48.7 Å². The van der Waals surface area contributed by atoms with Crippen molar-refractivity contribution in [2.45, 2.75) is 32.9 Å². The summed E-state index contributed by atoms with van der Waals surface area (Å²) < 4.78 is 5.91. The van der Waals surface area contributed by atoms with E-state index in [0.29, 0.717) is 0 Å². The van der Waals surface area contributed by atoms with Crippen LogP contribution in [-0.4, -0.2) is 11.5 Å². The van der Waals surface area contributed by atoms with Crippen LogP contribution in [0.2, 0.25) is 0 Å². The molecule has 0 amide bonds. The van der Waals surface area contributed by atoms with E-state index in [4.69, 9.17) is 4.74 Å².